The standard InChI is InChI=1S/C17H29NO/c1-13(2)12-19-16-9-8-14(7-6-10-18)11-15(16)17(3,4)5/h8-9,11,13H,6-7,10,12,18H2,1-5H3. The second kappa shape index (κ2) is 6.95. The molecule has 0 bridgehead atoms. The van der Waals surface area contributed by atoms with Crippen molar-refractivity contribution in [1.82, 2.24) is 0 Å². The molecule has 1 aromatic rings. The van der Waals surface area contributed by atoms with Crippen LogP contribution in [0, 0.1) is 5.92 Å². The van der Waals surface area contributed by atoms with Crippen molar-refractivity contribution in [1.29, 1.82) is 0 Å². The predicted octanol–water partition coefficient (Wildman–Crippen LogP) is 3.91. The lowest BCUT2D eigenvalue weighted by molar-refractivity contribution is 0.265. The van der Waals surface area contributed by atoms with E-state index in [-0.39, 0.29) is 5.41 Å². The molecule has 0 aliphatic carbocycles. The molecule has 1 rings (SSSR count). The SMILES string of the molecule is CC(C)COc1ccc(CCCN)cc1C(C)(C)C. The molecule has 0 radical (unpaired) electrons. The van der Waals surface area contributed by atoms with Crippen molar-refractivity contribution in [3.05, 3.63) is 29.3 Å². The van der Waals surface area contributed by atoms with Gasteiger partial charge in [-0.2, -0.15) is 0 Å². The number of benzene rings is 1. The number of rotatable bonds is 6. The van der Waals surface area contributed by atoms with E-state index < -0.39 is 0 Å². The molecule has 0 unspecified atom stereocenters. The van der Waals surface area contributed by atoms with Crippen LogP contribution in [0.4, 0.5) is 0 Å². The number of aryl methyl sites for hydroxylation is 1. The average Bonchev–Trinajstić information content (AvgIpc) is 2.33. The van der Waals surface area contributed by atoms with Crippen LogP contribution in [-0.2, 0) is 11.8 Å². The quantitative estimate of drug-likeness (QED) is 0.844. The van der Waals surface area contributed by atoms with E-state index in [1.807, 2.05) is 0 Å². The predicted molar refractivity (Wildman–Crippen MR) is 82.9 cm³/mol. The summed E-state index contributed by atoms with van der Waals surface area (Å²) in [6.07, 6.45) is 2.08. The molecule has 2 N–H and O–H groups in total. The fraction of sp³-hybridized carbons (Fsp3) is 0.647. The Morgan fingerprint density at radius 1 is 1.21 bits per heavy atom. The van der Waals surface area contributed by atoms with Crippen LogP contribution in [0.2, 0.25) is 0 Å². The lowest BCUT2D eigenvalue weighted by atomic mass is 9.85. The highest BCUT2D eigenvalue weighted by Crippen LogP contribution is 2.32. The zero-order valence-electron chi connectivity index (χ0n) is 13.1. The normalized spacial score (nSPS) is 11.9. The number of nitrogens with two attached hydrogens (primary N) is 1. The molecule has 108 valence electrons. The molecule has 19 heavy (non-hydrogen) atoms. The smallest absolute Gasteiger partial charge is 0.123 e. The first kappa shape index (κ1) is 16.0. The molecular formula is C17H29NO. The van der Waals surface area contributed by atoms with E-state index in [4.69, 9.17) is 10.5 Å². The van der Waals surface area contributed by atoms with Gasteiger partial charge in [0.25, 0.3) is 0 Å². The van der Waals surface area contributed by atoms with E-state index in [2.05, 4.69) is 52.8 Å². The first-order valence-electron chi connectivity index (χ1n) is 7.31. The van der Waals surface area contributed by atoms with Crippen LogP contribution in [0.15, 0.2) is 18.2 Å². The van der Waals surface area contributed by atoms with Gasteiger partial charge in [0, 0.05) is 0 Å². The highest BCUT2D eigenvalue weighted by atomic mass is 16.5. The maximum absolute atomic E-state index is 5.96. The largest absolute Gasteiger partial charge is 0.493 e. The van der Waals surface area contributed by atoms with Gasteiger partial charge in [0.1, 0.15) is 5.75 Å². The lowest BCUT2D eigenvalue weighted by Gasteiger charge is -2.24. The average molecular weight is 263 g/mol. The van der Waals surface area contributed by atoms with Gasteiger partial charge in [-0.25, -0.2) is 0 Å². The van der Waals surface area contributed by atoms with Gasteiger partial charge in [0.05, 0.1) is 6.61 Å². The van der Waals surface area contributed by atoms with Gasteiger partial charge in [-0.3, -0.25) is 0 Å². The van der Waals surface area contributed by atoms with E-state index in [0.717, 1.165) is 31.7 Å². The van der Waals surface area contributed by atoms with Crippen molar-refractivity contribution in [2.45, 2.75) is 52.9 Å². The molecule has 0 spiro atoms. The maximum Gasteiger partial charge on any atom is 0.123 e. The van der Waals surface area contributed by atoms with E-state index in [1.165, 1.54) is 11.1 Å². The Morgan fingerprint density at radius 2 is 1.89 bits per heavy atom. The Bertz CT molecular complexity index is 391. The van der Waals surface area contributed by atoms with Crippen LogP contribution in [0.5, 0.6) is 5.75 Å². The molecule has 0 amide bonds. The summed E-state index contributed by atoms with van der Waals surface area (Å²) < 4.78 is 5.96. The fourth-order valence-electron chi connectivity index (χ4n) is 2.01. The molecule has 0 saturated carbocycles. The van der Waals surface area contributed by atoms with Crippen molar-refractivity contribution in [3.8, 4) is 5.75 Å². The molecule has 0 saturated heterocycles. The second-order valence-electron chi connectivity index (χ2n) is 6.68. The third kappa shape index (κ3) is 5.23. The summed E-state index contributed by atoms with van der Waals surface area (Å²) in [5.74, 6) is 1.57. The molecule has 0 aromatic heterocycles. The van der Waals surface area contributed by atoms with E-state index in [0.29, 0.717) is 5.92 Å². The Morgan fingerprint density at radius 3 is 2.42 bits per heavy atom. The van der Waals surface area contributed by atoms with Crippen molar-refractivity contribution >= 4 is 0 Å². The van der Waals surface area contributed by atoms with Crippen LogP contribution in [0.25, 0.3) is 0 Å². The minimum atomic E-state index is 0.102. The molecule has 1 aromatic carbocycles. The van der Waals surface area contributed by atoms with Crippen molar-refractivity contribution < 1.29 is 4.74 Å². The topological polar surface area (TPSA) is 35.2 Å². The zero-order valence-corrected chi connectivity index (χ0v) is 13.1. The zero-order chi connectivity index (χ0) is 14.5. The number of hydrogen-bond donors (Lipinski definition) is 1. The van der Waals surface area contributed by atoms with Gasteiger partial charge in [-0.05, 0) is 47.9 Å². The summed E-state index contributed by atoms with van der Waals surface area (Å²) in [6.45, 7) is 12.6. The van der Waals surface area contributed by atoms with Crippen molar-refractivity contribution in [2.75, 3.05) is 13.2 Å². The molecule has 0 heterocycles. The van der Waals surface area contributed by atoms with Crippen LogP contribution in [-0.4, -0.2) is 13.2 Å². The van der Waals surface area contributed by atoms with Gasteiger partial charge in [0.15, 0.2) is 0 Å². The highest BCUT2D eigenvalue weighted by Gasteiger charge is 2.19. The lowest BCUT2D eigenvalue weighted by Crippen LogP contribution is -2.15. The van der Waals surface area contributed by atoms with Crippen molar-refractivity contribution in [3.63, 3.8) is 0 Å². The van der Waals surface area contributed by atoms with E-state index in [1.54, 1.807) is 0 Å². The minimum absolute atomic E-state index is 0.102. The Hall–Kier alpha value is -1.02. The third-order valence-electron chi connectivity index (χ3n) is 3.09. The summed E-state index contributed by atoms with van der Waals surface area (Å²) in [7, 11) is 0. The van der Waals surface area contributed by atoms with E-state index >= 15 is 0 Å². The molecule has 0 fully saturated rings. The van der Waals surface area contributed by atoms with Gasteiger partial charge < -0.3 is 10.5 Å². The first-order chi connectivity index (χ1) is 8.84. The Labute approximate surface area is 118 Å². The van der Waals surface area contributed by atoms with Crippen LogP contribution < -0.4 is 10.5 Å². The summed E-state index contributed by atoms with van der Waals surface area (Å²) in [4.78, 5) is 0. The summed E-state index contributed by atoms with van der Waals surface area (Å²) in [5, 5.41) is 0. The third-order valence-corrected chi connectivity index (χ3v) is 3.09. The molecule has 0 aliphatic heterocycles. The van der Waals surface area contributed by atoms with Gasteiger partial charge >= 0.3 is 0 Å². The first-order valence-corrected chi connectivity index (χ1v) is 7.31. The maximum atomic E-state index is 5.96. The van der Waals surface area contributed by atoms with E-state index in [9.17, 15) is 0 Å². The Balaban J connectivity index is 2.96. The van der Waals surface area contributed by atoms with Crippen LogP contribution in [0.3, 0.4) is 0 Å². The summed E-state index contributed by atoms with van der Waals surface area (Å²) >= 11 is 0. The summed E-state index contributed by atoms with van der Waals surface area (Å²) in [6, 6.07) is 6.57. The molecule has 2 nitrogen and oxygen atoms in total. The van der Waals surface area contributed by atoms with Crippen molar-refractivity contribution in [2.24, 2.45) is 11.7 Å². The summed E-state index contributed by atoms with van der Waals surface area (Å²) in [5.41, 5.74) is 8.34. The number of ether oxygens (including phenoxy) is 1. The monoisotopic (exact) mass is 263 g/mol. The van der Waals surface area contributed by atoms with Gasteiger partial charge in [0.2, 0.25) is 0 Å². The fourth-order valence-corrected chi connectivity index (χ4v) is 2.01. The van der Waals surface area contributed by atoms with Crippen LogP contribution >= 0.6 is 0 Å². The Kier molecular flexibility index (Phi) is 5.86. The highest BCUT2D eigenvalue weighted by molar-refractivity contribution is 5.41. The number of hydrogen-bond acceptors (Lipinski definition) is 2. The molecule has 0 atom stereocenters. The minimum Gasteiger partial charge on any atom is -0.493 e. The van der Waals surface area contributed by atoms with Crippen LogP contribution in [0.1, 0.15) is 52.2 Å². The van der Waals surface area contributed by atoms with Gasteiger partial charge in [-0.1, -0.05) is 46.8 Å². The van der Waals surface area contributed by atoms with Gasteiger partial charge in [-0.15, -0.1) is 0 Å². The second-order valence-corrected chi connectivity index (χ2v) is 6.68. The molecule has 2 heteroatoms. The molecular weight excluding hydrogens is 234 g/mol. The molecule has 0 aliphatic rings.